The van der Waals surface area contributed by atoms with Crippen LogP contribution in [0.1, 0.15) is 27.7 Å². The van der Waals surface area contributed by atoms with E-state index in [1.165, 1.54) is 21.9 Å². The monoisotopic (exact) mass is 1100 g/mol. The number of aromatic nitrogens is 6. The molecule has 1 saturated heterocycles. The third kappa shape index (κ3) is 9.41. The summed E-state index contributed by atoms with van der Waals surface area (Å²) in [5.74, 6) is 1.90. The Morgan fingerprint density at radius 1 is 0.388 bits per heavy atom. The first-order chi connectivity index (χ1) is 39.1. The van der Waals surface area contributed by atoms with Gasteiger partial charge in [0.05, 0.1) is 44.3 Å². The molecule has 0 aliphatic carbocycles. The van der Waals surface area contributed by atoms with Crippen molar-refractivity contribution >= 4 is 93.9 Å². The van der Waals surface area contributed by atoms with E-state index >= 15 is 0 Å². The molecular weight excluding hydrogens is 1050 g/mol. The molecule has 0 unspecified atom stereocenters. The normalized spacial score (nSPS) is 13.6. The standard InChI is InChI=1S/C32H21N3.C19H20BNO2.C19H13BrN2/c1-2-9-25(10-3-1)35-30-14-5-4-13-29(30)34-32(35)24-17-15-22(16-18-24)26-11-6-12-28-27(26)20-19-23-8-7-21-33-31(23)28;1-18(2)19(3,4)23-20(22-18)16-9-5-8-15-14(16)11-10-13-7-6-12-21-17(13)15;20-15-12-10-14(11-13-15)19-21-17-8-4-5-9-18(17)22(19)16-6-2-1-3-7-16/h1-21H;5-12H,1-4H3;1-13H. The van der Waals surface area contributed by atoms with Crippen molar-refractivity contribution in [3.8, 4) is 45.3 Å². The average molecular weight is 1100 g/mol. The Morgan fingerprint density at radius 3 is 1.38 bits per heavy atom. The zero-order valence-corrected chi connectivity index (χ0v) is 46.3. The summed E-state index contributed by atoms with van der Waals surface area (Å²) in [6, 6.07) is 83.8. The molecule has 1 aliphatic rings. The Hall–Kier alpha value is -9.06. The zero-order valence-electron chi connectivity index (χ0n) is 44.7. The van der Waals surface area contributed by atoms with E-state index in [0.29, 0.717) is 0 Å². The predicted molar refractivity (Wildman–Crippen MR) is 334 cm³/mol. The van der Waals surface area contributed by atoms with Crippen molar-refractivity contribution < 1.29 is 9.31 Å². The minimum atomic E-state index is -0.357. The highest BCUT2D eigenvalue weighted by atomic mass is 79.9. The van der Waals surface area contributed by atoms with Crippen molar-refractivity contribution in [3.63, 3.8) is 0 Å². The number of benzene rings is 10. The van der Waals surface area contributed by atoms with Gasteiger partial charge in [0.25, 0.3) is 0 Å². The molecule has 14 aromatic rings. The van der Waals surface area contributed by atoms with Crippen LogP contribution in [0, 0.1) is 0 Å². The largest absolute Gasteiger partial charge is 0.495 e. The second-order valence-electron chi connectivity index (χ2n) is 21.0. The van der Waals surface area contributed by atoms with Crippen molar-refractivity contribution in [2.75, 3.05) is 0 Å². The summed E-state index contributed by atoms with van der Waals surface area (Å²) in [7, 11) is -0.357. The minimum absolute atomic E-state index is 0.338. The number of fused-ring (bicyclic) bond motifs is 8. The molecule has 1 fully saturated rings. The topological polar surface area (TPSA) is 79.9 Å². The number of hydrogen-bond donors (Lipinski definition) is 0. The number of pyridine rings is 2. The molecule has 0 atom stereocenters. The minimum Gasteiger partial charge on any atom is -0.399 e. The molecule has 4 aromatic heterocycles. The lowest BCUT2D eigenvalue weighted by atomic mass is 9.76. The SMILES string of the molecule is Brc1ccc(-c2nc3ccccc3n2-c2ccccc2)cc1.CC1(C)OB(c2cccc3c2ccc2cccnc23)OC1(C)C.c1ccc(-n2c(-c3ccc(-c4cccc5c4ccc4cccnc45)cc3)nc3ccccc32)cc1. The lowest BCUT2D eigenvalue weighted by Crippen LogP contribution is -2.41. The average Bonchev–Trinajstić information content (AvgIpc) is 4.19. The number of halogens is 1. The van der Waals surface area contributed by atoms with Crippen LogP contribution < -0.4 is 5.46 Å². The molecule has 0 radical (unpaired) electrons. The molecule has 386 valence electrons. The Labute approximate surface area is 473 Å². The summed E-state index contributed by atoms with van der Waals surface area (Å²) >= 11 is 3.49. The van der Waals surface area contributed by atoms with Crippen LogP contribution in [0.4, 0.5) is 0 Å². The van der Waals surface area contributed by atoms with Gasteiger partial charge in [-0.2, -0.15) is 0 Å². The van der Waals surface area contributed by atoms with Crippen LogP contribution in [-0.2, 0) is 9.31 Å². The van der Waals surface area contributed by atoms with Crippen molar-refractivity contribution in [1.82, 2.24) is 29.1 Å². The van der Waals surface area contributed by atoms with Gasteiger partial charge in [-0.05, 0) is 128 Å². The van der Waals surface area contributed by atoms with E-state index in [1.54, 1.807) is 0 Å². The van der Waals surface area contributed by atoms with Crippen molar-refractivity contribution in [2.45, 2.75) is 38.9 Å². The highest BCUT2D eigenvalue weighted by molar-refractivity contribution is 9.10. The molecule has 0 amide bonds. The fraction of sp³-hybridized carbons (Fsp3) is 0.0857. The Bertz CT molecular complexity index is 4550. The maximum absolute atomic E-state index is 6.23. The maximum Gasteiger partial charge on any atom is 0.495 e. The summed E-state index contributed by atoms with van der Waals surface area (Å²) in [5, 5.41) is 6.96. The predicted octanol–water partition coefficient (Wildman–Crippen LogP) is 17.2. The van der Waals surface area contributed by atoms with Crippen LogP contribution in [0.25, 0.3) is 111 Å². The zero-order chi connectivity index (χ0) is 54.4. The number of para-hydroxylation sites is 6. The summed E-state index contributed by atoms with van der Waals surface area (Å²) in [5.41, 5.74) is 13.5. The van der Waals surface area contributed by atoms with E-state index in [9.17, 15) is 0 Å². The van der Waals surface area contributed by atoms with Crippen molar-refractivity contribution in [2.24, 2.45) is 0 Å². The molecule has 5 heterocycles. The van der Waals surface area contributed by atoms with Gasteiger partial charge in [-0.3, -0.25) is 19.1 Å². The van der Waals surface area contributed by atoms with Gasteiger partial charge < -0.3 is 9.31 Å². The van der Waals surface area contributed by atoms with E-state index in [4.69, 9.17) is 19.3 Å². The van der Waals surface area contributed by atoms with Gasteiger partial charge in [-0.15, -0.1) is 0 Å². The van der Waals surface area contributed by atoms with E-state index < -0.39 is 0 Å². The van der Waals surface area contributed by atoms with Gasteiger partial charge in [0, 0.05) is 60.9 Å². The summed E-state index contributed by atoms with van der Waals surface area (Å²) in [6.07, 6.45) is 3.70. The first-order valence-corrected chi connectivity index (χ1v) is 27.7. The Morgan fingerprint density at radius 2 is 0.838 bits per heavy atom. The summed E-state index contributed by atoms with van der Waals surface area (Å²) in [6.45, 7) is 8.31. The van der Waals surface area contributed by atoms with Crippen molar-refractivity contribution in [1.29, 1.82) is 0 Å². The van der Waals surface area contributed by atoms with E-state index in [2.05, 4.69) is 257 Å². The third-order valence-electron chi connectivity index (χ3n) is 15.5. The second kappa shape index (κ2) is 21.0. The van der Waals surface area contributed by atoms with Gasteiger partial charge in [-0.1, -0.05) is 186 Å². The molecule has 0 bridgehead atoms. The van der Waals surface area contributed by atoms with Gasteiger partial charge >= 0.3 is 7.12 Å². The summed E-state index contributed by atoms with van der Waals surface area (Å²) < 4.78 is 18.0. The number of rotatable bonds is 6. The van der Waals surface area contributed by atoms with Gasteiger partial charge in [0.2, 0.25) is 0 Å². The van der Waals surface area contributed by atoms with Crippen molar-refractivity contribution in [3.05, 3.63) is 260 Å². The molecule has 8 nitrogen and oxygen atoms in total. The highest BCUT2D eigenvalue weighted by Gasteiger charge is 2.52. The van der Waals surface area contributed by atoms with E-state index in [1.807, 2.05) is 60.9 Å². The molecule has 15 rings (SSSR count). The molecule has 80 heavy (non-hydrogen) atoms. The third-order valence-corrected chi connectivity index (χ3v) is 16.0. The van der Waals surface area contributed by atoms with Crippen LogP contribution in [0.3, 0.4) is 0 Å². The number of hydrogen-bond acceptors (Lipinski definition) is 6. The molecule has 10 heteroatoms. The fourth-order valence-electron chi connectivity index (χ4n) is 10.8. The van der Waals surface area contributed by atoms with E-state index in [-0.39, 0.29) is 18.3 Å². The molecule has 0 saturated carbocycles. The summed E-state index contributed by atoms with van der Waals surface area (Å²) in [4.78, 5) is 19.0. The molecular formula is C70H54BBrN6O2. The highest BCUT2D eigenvalue weighted by Crippen LogP contribution is 2.39. The Balaban J connectivity index is 0.000000118. The van der Waals surface area contributed by atoms with Crippen LogP contribution >= 0.6 is 15.9 Å². The first-order valence-electron chi connectivity index (χ1n) is 26.9. The quantitative estimate of drug-likeness (QED) is 0.122. The van der Waals surface area contributed by atoms with Crippen LogP contribution in [0.5, 0.6) is 0 Å². The van der Waals surface area contributed by atoms with Gasteiger partial charge in [0.1, 0.15) is 11.6 Å². The molecule has 10 aromatic carbocycles. The smallest absolute Gasteiger partial charge is 0.399 e. The fourth-order valence-corrected chi connectivity index (χ4v) is 11.0. The lowest BCUT2D eigenvalue weighted by Gasteiger charge is -2.32. The van der Waals surface area contributed by atoms with E-state index in [0.717, 1.165) is 98.7 Å². The second-order valence-corrected chi connectivity index (χ2v) is 21.9. The lowest BCUT2D eigenvalue weighted by molar-refractivity contribution is 0.00578. The van der Waals surface area contributed by atoms with Gasteiger partial charge in [-0.25, -0.2) is 9.97 Å². The first kappa shape index (κ1) is 50.4. The Kier molecular flexibility index (Phi) is 13.2. The number of nitrogens with zero attached hydrogens (tertiary/aromatic N) is 6. The van der Waals surface area contributed by atoms with Crippen LogP contribution in [0.2, 0.25) is 0 Å². The molecule has 1 aliphatic heterocycles. The molecule has 0 N–H and O–H groups in total. The van der Waals surface area contributed by atoms with Crippen LogP contribution in [0.15, 0.2) is 260 Å². The maximum atomic E-state index is 6.23. The molecule has 0 spiro atoms. The van der Waals surface area contributed by atoms with Crippen LogP contribution in [-0.4, -0.2) is 47.4 Å². The van der Waals surface area contributed by atoms with Gasteiger partial charge in [0.15, 0.2) is 0 Å². The number of imidazole rings is 2.